The quantitative estimate of drug-likeness (QED) is 0.728. The summed E-state index contributed by atoms with van der Waals surface area (Å²) in [5.41, 5.74) is 3.78. The van der Waals surface area contributed by atoms with Gasteiger partial charge in [0.15, 0.2) is 0 Å². The van der Waals surface area contributed by atoms with Gasteiger partial charge in [0.2, 0.25) is 0 Å². The molecule has 1 heterocycles. The van der Waals surface area contributed by atoms with Gasteiger partial charge in [0, 0.05) is 24.0 Å². The lowest BCUT2D eigenvalue weighted by Gasteiger charge is -2.20. The van der Waals surface area contributed by atoms with Gasteiger partial charge in [-0.05, 0) is 67.0 Å². The molecule has 2 aromatic rings. The average Bonchev–Trinajstić information content (AvgIpc) is 3.43. The average molecular weight is 354 g/mol. The van der Waals surface area contributed by atoms with Gasteiger partial charge in [-0.3, -0.25) is 4.98 Å². The highest BCUT2D eigenvalue weighted by molar-refractivity contribution is 6.32. The van der Waals surface area contributed by atoms with E-state index in [-0.39, 0.29) is 0 Å². The van der Waals surface area contributed by atoms with Crippen LogP contribution >= 0.6 is 11.6 Å². The molecular weight excluding hydrogens is 330 g/mol. The minimum Gasteiger partial charge on any atom is -0.310 e. The highest BCUT2D eigenvalue weighted by Crippen LogP contribution is 2.41. The fourth-order valence-electron chi connectivity index (χ4n) is 3.08. The third-order valence-corrected chi connectivity index (χ3v) is 5.03. The van der Waals surface area contributed by atoms with Gasteiger partial charge in [-0.2, -0.15) is 5.26 Å². The maximum atomic E-state index is 9.03. The topological polar surface area (TPSA) is 48.7 Å². The molecule has 4 heteroatoms. The molecule has 130 valence electrons. The molecule has 1 atom stereocenters. The summed E-state index contributed by atoms with van der Waals surface area (Å²) in [5, 5.41) is 13.2. The first-order valence-corrected chi connectivity index (χ1v) is 9.34. The molecule has 0 bridgehead atoms. The number of halogens is 1. The molecule has 3 nitrogen and oxygen atoms in total. The van der Waals surface area contributed by atoms with Crippen molar-refractivity contribution in [3.63, 3.8) is 0 Å². The van der Waals surface area contributed by atoms with Gasteiger partial charge in [-0.1, -0.05) is 31.5 Å². The van der Waals surface area contributed by atoms with Crippen LogP contribution in [0.5, 0.6) is 0 Å². The van der Waals surface area contributed by atoms with Crippen molar-refractivity contribution in [2.24, 2.45) is 11.8 Å². The van der Waals surface area contributed by atoms with Crippen LogP contribution in [0, 0.1) is 23.2 Å². The Kier molecular flexibility index (Phi) is 5.73. The van der Waals surface area contributed by atoms with E-state index in [0.717, 1.165) is 17.7 Å². The van der Waals surface area contributed by atoms with E-state index in [1.54, 1.807) is 6.07 Å². The van der Waals surface area contributed by atoms with E-state index in [2.05, 4.69) is 36.3 Å². The Morgan fingerprint density at radius 1 is 1.24 bits per heavy atom. The molecule has 1 saturated carbocycles. The van der Waals surface area contributed by atoms with E-state index in [9.17, 15) is 0 Å². The molecule has 0 aliphatic heterocycles. The van der Waals surface area contributed by atoms with E-state index in [1.165, 1.54) is 24.8 Å². The Morgan fingerprint density at radius 3 is 2.68 bits per heavy atom. The molecule has 1 N–H and O–H groups in total. The number of nitrogens with one attached hydrogen (secondary N) is 1. The first-order chi connectivity index (χ1) is 12.1. The minimum absolute atomic E-state index is 0.375. The van der Waals surface area contributed by atoms with Crippen LogP contribution in [-0.2, 0) is 0 Å². The SMILES string of the molecule is CC(C)CCNC(c1cncc(-c2ccc(C#N)c(Cl)c2)c1)C1CC1. The monoisotopic (exact) mass is 353 g/mol. The number of hydrogen-bond acceptors (Lipinski definition) is 3. The van der Waals surface area contributed by atoms with Gasteiger partial charge in [0.05, 0.1) is 10.6 Å². The highest BCUT2D eigenvalue weighted by Gasteiger charge is 2.32. The van der Waals surface area contributed by atoms with Gasteiger partial charge in [0.25, 0.3) is 0 Å². The minimum atomic E-state index is 0.375. The molecule has 1 aliphatic carbocycles. The predicted molar refractivity (Wildman–Crippen MR) is 102 cm³/mol. The molecular formula is C21H24ClN3. The van der Waals surface area contributed by atoms with Crippen molar-refractivity contribution < 1.29 is 0 Å². The Hall–Kier alpha value is -1.89. The van der Waals surface area contributed by atoms with Crippen molar-refractivity contribution in [3.8, 4) is 17.2 Å². The van der Waals surface area contributed by atoms with Crippen molar-refractivity contribution in [2.75, 3.05) is 6.54 Å². The molecule has 1 unspecified atom stereocenters. The smallest absolute Gasteiger partial charge is 0.101 e. The Balaban J connectivity index is 1.82. The molecule has 1 fully saturated rings. The van der Waals surface area contributed by atoms with Gasteiger partial charge >= 0.3 is 0 Å². The Labute approximate surface area is 155 Å². The van der Waals surface area contributed by atoms with Gasteiger partial charge in [-0.15, -0.1) is 0 Å². The van der Waals surface area contributed by atoms with Crippen LogP contribution in [0.4, 0.5) is 0 Å². The molecule has 0 spiro atoms. The third-order valence-electron chi connectivity index (χ3n) is 4.72. The number of aromatic nitrogens is 1. The van der Waals surface area contributed by atoms with Crippen LogP contribution in [0.2, 0.25) is 5.02 Å². The summed E-state index contributed by atoms with van der Waals surface area (Å²) in [7, 11) is 0. The fraction of sp³-hybridized carbons (Fsp3) is 0.429. The zero-order chi connectivity index (χ0) is 17.8. The molecule has 1 aromatic heterocycles. The van der Waals surface area contributed by atoms with Crippen LogP contribution in [-0.4, -0.2) is 11.5 Å². The molecule has 1 aliphatic rings. The summed E-state index contributed by atoms with van der Waals surface area (Å²) in [6, 6.07) is 10.2. The molecule has 0 saturated heterocycles. The third kappa shape index (κ3) is 4.60. The second kappa shape index (κ2) is 7.99. The second-order valence-corrected chi connectivity index (χ2v) is 7.67. The lowest BCUT2D eigenvalue weighted by atomic mass is 9.99. The summed E-state index contributed by atoms with van der Waals surface area (Å²) in [5.74, 6) is 1.42. The van der Waals surface area contributed by atoms with E-state index in [4.69, 9.17) is 16.9 Å². The standard InChI is InChI=1S/C21H24ClN3/c1-14(2)7-8-25-21(15-3-4-15)19-9-18(12-24-13-19)16-5-6-17(11-23)20(22)10-16/h5-6,9-10,12-15,21,25H,3-4,7-8H2,1-2H3. The molecule has 0 radical (unpaired) electrons. The summed E-state index contributed by atoms with van der Waals surface area (Å²) in [6.07, 6.45) is 7.58. The lowest BCUT2D eigenvalue weighted by molar-refractivity contribution is 0.445. The van der Waals surface area contributed by atoms with Crippen molar-refractivity contribution in [1.82, 2.24) is 10.3 Å². The van der Waals surface area contributed by atoms with Gasteiger partial charge < -0.3 is 5.32 Å². The van der Waals surface area contributed by atoms with Crippen molar-refractivity contribution in [2.45, 2.75) is 39.2 Å². The maximum Gasteiger partial charge on any atom is 0.101 e. The molecule has 0 amide bonds. The van der Waals surface area contributed by atoms with Crippen LogP contribution in [0.3, 0.4) is 0 Å². The number of nitrogens with zero attached hydrogens (tertiary/aromatic N) is 2. The number of benzene rings is 1. The van der Waals surface area contributed by atoms with Crippen molar-refractivity contribution in [1.29, 1.82) is 5.26 Å². The first-order valence-electron chi connectivity index (χ1n) is 8.97. The number of pyridine rings is 1. The van der Waals surface area contributed by atoms with Crippen molar-refractivity contribution in [3.05, 3.63) is 52.8 Å². The Morgan fingerprint density at radius 2 is 2.04 bits per heavy atom. The lowest BCUT2D eigenvalue weighted by Crippen LogP contribution is -2.25. The molecule has 3 rings (SSSR count). The zero-order valence-corrected chi connectivity index (χ0v) is 15.6. The van der Waals surface area contributed by atoms with Crippen LogP contribution in [0.25, 0.3) is 11.1 Å². The summed E-state index contributed by atoms with van der Waals surface area (Å²) >= 11 is 6.19. The largest absolute Gasteiger partial charge is 0.310 e. The normalized spacial score (nSPS) is 15.2. The van der Waals surface area contributed by atoms with Gasteiger partial charge in [-0.25, -0.2) is 0 Å². The number of hydrogen-bond donors (Lipinski definition) is 1. The summed E-state index contributed by atoms with van der Waals surface area (Å²) in [4.78, 5) is 4.46. The second-order valence-electron chi connectivity index (χ2n) is 7.27. The van der Waals surface area contributed by atoms with E-state index < -0.39 is 0 Å². The van der Waals surface area contributed by atoms with E-state index >= 15 is 0 Å². The van der Waals surface area contributed by atoms with Gasteiger partial charge in [0.1, 0.15) is 6.07 Å². The zero-order valence-electron chi connectivity index (χ0n) is 14.8. The molecule has 1 aromatic carbocycles. The highest BCUT2D eigenvalue weighted by atomic mass is 35.5. The number of nitriles is 1. The predicted octanol–water partition coefficient (Wildman–Crippen LogP) is 5.36. The van der Waals surface area contributed by atoms with Crippen LogP contribution in [0.15, 0.2) is 36.7 Å². The maximum absolute atomic E-state index is 9.03. The van der Waals surface area contributed by atoms with E-state index in [0.29, 0.717) is 28.5 Å². The van der Waals surface area contributed by atoms with E-state index in [1.807, 2.05) is 24.5 Å². The van der Waals surface area contributed by atoms with Crippen LogP contribution in [0.1, 0.15) is 50.3 Å². The summed E-state index contributed by atoms with van der Waals surface area (Å²) < 4.78 is 0. The summed E-state index contributed by atoms with van der Waals surface area (Å²) in [6.45, 7) is 5.54. The number of rotatable bonds is 7. The fourth-order valence-corrected chi connectivity index (χ4v) is 3.31. The van der Waals surface area contributed by atoms with Crippen LogP contribution < -0.4 is 5.32 Å². The Bertz CT molecular complexity index is 775. The molecule has 25 heavy (non-hydrogen) atoms. The van der Waals surface area contributed by atoms with Crippen molar-refractivity contribution >= 4 is 11.6 Å². The first kappa shape index (κ1) is 17.9.